The highest BCUT2D eigenvalue weighted by Crippen LogP contribution is 2.19. The van der Waals surface area contributed by atoms with Gasteiger partial charge in [-0.05, 0) is 42.8 Å². The van der Waals surface area contributed by atoms with Crippen molar-refractivity contribution < 1.29 is 14.3 Å². The summed E-state index contributed by atoms with van der Waals surface area (Å²) in [5.41, 5.74) is -0.0757. The lowest BCUT2D eigenvalue weighted by Gasteiger charge is -2.23. The Morgan fingerprint density at radius 1 is 1.32 bits per heavy atom. The van der Waals surface area contributed by atoms with E-state index >= 15 is 0 Å². The van der Waals surface area contributed by atoms with Gasteiger partial charge in [-0.3, -0.25) is 9.78 Å². The molecule has 0 aliphatic heterocycles. The number of amides is 1. The van der Waals surface area contributed by atoms with Crippen LogP contribution in [0.4, 0.5) is 4.39 Å². The fourth-order valence-electron chi connectivity index (χ4n) is 1.86. The third-order valence-corrected chi connectivity index (χ3v) is 3.17. The molecule has 22 heavy (non-hydrogen) atoms. The van der Waals surface area contributed by atoms with Crippen LogP contribution in [0.1, 0.15) is 18.2 Å². The minimum absolute atomic E-state index is 0.0179. The Balaban J connectivity index is 1.92. The third-order valence-electron chi connectivity index (χ3n) is 3.17. The van der Waals surface area contributed by atoms with E-state index in [-0.39, 0.29) is 18.3 Å². The topological polar surface area (TPSA) is 62.2 Å². The molecular formula is C17H17FN2O2. The Hall–Kier alpha value is -2.53. The maximum absolute atomic E-state index is 12.9. The van der Waals surface area contributed by atoms with E-state index in [2.05, 4.69) is 10.3 Å². The smallest absolute Gasteiger partial charge is 0.244 e. The zero-order chi connectivity index (χ0) is 16.0. The lowest BCUT2D eigenvalue weighted by atomic mass is 9.96. The van der Waals surface area contributed by atoms with E-state index in [0.29, 0.717) is 11.3 Å². The van der Waals surface area contributed by atoms with E-state index in [0.717, 1.165) is 0 Å². The number of aliphatic hydroxyl groups is 1. The molecule has 0 spiro atoms. The van der Waals surface area contributed by atoms with Gasteiger partial charge in [-0.25, -0.2) is 4.39 Å². The second kappa shape index (κ2) is 6.95. The highest BCUT2D eigenvalue weighted by atomic mass is 19.1. The van der Waals surface area contributed by atoms with Crippen LogP contribution in [0.15, 0.2) is 54.7 Å². The molecule has 0 saturated heterocycles. The van der Waals surface area contributed by atoms with Crippen LogP contribution in [0, 0.1) is 5.82 Å². The fourth-order valence-corrected chi connectivity index (χ4v) is 1.86. The minimum atomic E-state index is -1.28. The highest BCUT2D eigenvalue weighted by Gasteiger charge is 2.23. The lowest BCUT2D eigenvalue weighted by molar-refractivity contribution is -0.117. The van der Waals surface area contributed by atoms with Crippen molar-refractivity contribution in [2.24, 2.45) is 0 Å². The molecule has 0 saturated carbocycles. The summed E-state index contributed by atoms with van der Waals surface area (Å²) in [7, 11) is 0. The van der Waals surface area contributed by atoms with Crippen LogP contribution < -0.4 is 5.32 Å². The van der Waals surface area contributed by atoms with E-state index in [4.69, 9.17) is 0 Å². The van der Waals surface area contributed by atoms with E-state index in [1.54, 1.807) is 31.3 Å². The molecule has 2 rings (SSSR count). The molecule has 0 radical (unpaired) electrons. The van der Waals surface area contributed by atoms with Gasteiger partial charge in [-0.2, -0.15) is 0 Å². The summed E-state index contributed by atoms with van der Waals surface area (Å²) in [6.45, 7) is 1.58. The molecule has 0 bridgehead atoms. The molecule has 0 fully saturated rings. The van der Waals surface area contributed by atoms with Crippen LogP contribution in [0.5, 0.6) is 0 Å². The van der Waals surface area contributed by atoms with Crippen molar-refractivity contribution in [2.45, 2.75) is 12.5 Å². The van der Waals surface area contributed by atoms with Crippen molar-refractivity contribution in [3.05, 3.63) is 71.8 Å². The molecule has 5 heteroatoms. The summed E-state index contributed by atoms with van der Waals surface area (Å²) < 4.78 is 12.9. The number of halogens is 1. The SMILES string of the molecule is CC(O)(CNC(=O)/C=C/c1ccccn1)c1ccc(F)cc1. The normalized spacial score (nSPS) is 13.8. The number of pyridine rings is 1. The predicted octanol–water partition coefficient (Wildman–Crippen LogP) is 2.26. The van der Waals surface area contributed by atoms with Gasteiger partial charge in [0.2, 0.25) is 5.91 Å². The number of carbonyl (C=O) groups excluding carboxylic acids is 1. The van der Waals surface area contributed by atoms with Crippen LogP contribution in [0.3, 0.4) is 0 Å². The molecule has 1 amide bonds. The number of carbonyl (C=O) groups is 1. The maximum atomic E-state index is 12.9. The number of benzene rings is 1. The molecule has 114 valence electrons. The van der Waals surface area contributed by atoms with Crippen LogP contribution in [0.25, 0.3) is 6.08 Å². The Bertz CT molecular complexity index is 652. The second-order valence-corrected chi connectivity index (χ2v) is 5.09. The zero-order valence-corrected chi connectivity index (χ0v) is 12.2. The predicted molar refractivity (Wildman–Crippen MR) is 82.3 cm³/mol. The van der Waals surface area contributed by atoms with Gasteiger partial charge in [0.25, 0.3) is 0 Å². The third kappa shape index (κ3) is 4.49. The first-order chi connectivity index (χ1) is 10.5. The average Bonchev–Trinajstić information content (AvgIpc) is 2.52. The van der Waals surface area contributed by atoms with Crippen molar-refractivity contribution in [2.75, 3.05) is 6.54 Å². The number of rotatable bonds is 5. The average molecular weight is 300 g/mol. The van der Waals surface area contributed by atoms with Crippen LogP contribution in [-0.2, 0) is 10.4 Å². The molecule has 1 aromatic heterocycles. The number of aromatic nitrogens is 1. The van der Waals surface area contributed by atoms with Crippen LogP contribution >= 0.6 is 0 Å². The van der Waals surface area contributed by atoms with Crippen molar-refractivity contribution in [1.29, 1.82) is 0 Å². The second-order valence-electron chi connectivity index (χ2n) is 5.09. The van der Waals surface area contributed by atoms with Gasteiger partial charge < -0.3 is 10.4 Å². The van der Waals surface area contributed by atoms with Gasteiger partial charge in [0.05, 0.1) is 12.2 Å². The highest BCUT2D eigenvalue weighted by molar-refractivity contribution is 5.91. The number of hydrogen-bond acceptors (Lipinski definition) is 3. The Morgan fingerprint density at radius 3 is 2.68 bits per heavy atom. The van der Waals surface area contributed by atoms with Gasteiger partial charge in [0.15, 0.2) is 0 Å². The summed E-state index contributed by atoms with van der Waals surface area (Å²) in [5, 5.41) is 12.9. The zero-order valence-electron chi connectivity index (χ0n) is 12.2. The summed E-state index contributed by atoms with van der Waals surface area (Å²) in [6, 6.07) is 10.9. The van der Waals surface area contributed by atoms with E-state index in [9.17, 15) is 14.3 Å². The molecule has 0 aliphatic carbocycles. The molecule has 0 aliphatic rings. The van der Waals surface area contributed by atoms with Gasteiger partial charge in [-0.15, -0.1) is 0 Å². The van der Waals surface area contributed by atoms with Gasteiger partial charge in [-0.1, -0.05) is 18.2 Å². The largest absolute Gasteiger partial charge is 0.384 e. The molecule has 1 unspecified atom stereocenters. The molecule has 1 heterocycles. The Kier molecular flexibility index (Phi) is 5.01. The van der Waals surface area contributed by atoms with Crippen molar-refractivity contribution in [3.8, 4) is 0 Å². The minimum Gasteiger partial charge on any atom is -0.384 e. The molecular weight excluding hydrogens is 283 g/mol. The quantitative estimate of drug-likeness (QED) is 0.833. The molecule has 1 atom stereocenters. The van der Waals surface area contributed by atoms with E-state index < -0.39 is 5.60 Å². The fraction of sp³-hybridized carbons (Fsp3) is 0.176. The molecule has 4 nitrogen and oxygen atoms in total. The van der Waals surface area contributed by atoms with E-state index in [1.807, 2.05) is 6.07 Å². The number of nitrogens with zero attached hydrogens (tertiary/aromatic N) is 1. The first kappa shape index (κ1) is 15.9. The van der Waals surface area contributed by atoms with Crippen LogP contribution in [0.2, 0.25) is 0 Å². The Labute approximate surface area is 128 Å². The standard InChI is InChI=1S/C17H17FN2O2/c1-17(22,13-5-7-14(18)8-6-13)12-20-16(21)10-9-15-4-2-3-11-19-15/h2-11,22H,12H2,1H3,(H,20,21)/b10-9+. The van der Waals surface area contributed by atoms with Gasteiger partial charge in [0, 0.05) is 12.3 Å². The van der Waals surface area contributed by atoms with E-state index in [1.165, 1.54) is 30.3 Å². The molecule has 2 aromatic rings. The summed E-state index contributed by atoms with van der Waals surface area (Å²) in [6.07, 6.45) is 4.57. The number of nitrogens with one attached hydrogen (secondary N) is 1. The van der Waals surface area contributed by atoms with Gasteiger partial charge in [0.1, 0.15) is 11.4 Å². The molecule has 2 N–H and O–H groups in total. The lowest BCUT2D eigenvalue weighted by Crippen LogP contribution is -2.37. The van der Waals surface area contributed by atoms with Crippen LogP contribution in [-0.4, -0.2) is 22.5 Å². The summed E-state index contributed by atoms with van der Waals surface area (Å²) in [4.78, 5) is 15.8. The summed E-state index contributed by atoms with van der Waals surface area (Å²) in [5.74, 6) is -0.713. The van der Waals surface area contributed by atoms with Crippen molar-refractivity contribution in [3.63, 3.8) is 0 Å². The van der Waals surface area contributed by atoms with Crippen molar-refractivity contribution >= 4 is 12.0 Å². The number of hydrogen-bond donors (Lipinski definition) is 2. The van der Waals surface area contributed by atoms with Crippen molar-refractivity contribution in [1.82, 2.24) is 10.3 Å². The first-order valence-electron chi connectivity index (χ1n) is 6.83. The monoisotopic (exact) mass is 300 g/mol. The molecule has 1 aromatic carbocycles. The maximum Gasteiger partial charge on any atom is 0.244 e. The Morgan fingerprint density at radius 2 is 2.05 bits per heavy atom. The first-order valence-corrected chi connectivity index (χ1v) is 6.83. The summed E-state index contributed by atoms with van der Waals surface area (Å²) >= 11 is 0. The van der Waals surface area contributed by atoms with Gasteiger partial charge >= 0.3 is 0 Å².